The van der Waals surface area contributed by atoms with Crippen molar-refractivity contribution >= 4 is 23.1 Å². The van der Waals surface area contributed by atoms with E-state index in [1.165, 1.54) is 24.3 Å². The molecule has 0 saturated carbocycles. The molecule has 5 heteroatoms. The largest absolute Gasteiger partial charge is 0.365 e. The Balaban J connectivity index is 1.78. The molecular weight excluding hydrogens is 367 g/mol. The lowest BCUT2D eigenvalue weighted by molar-refractivity contribution is -0.120. The highest BCUT2D eigenvalue weighted by molar-refractivity contribution is 6.45. The molecule has 3 aromatic carbocycles. The van der Waals surface area contributed by atoms with Gasteiger partial charge in [0.25, 0.3) is 11.8 Å². The van der Waals surface area contributed by atoms with Crippen molar-refractivity contribution in [3.8, 4) is 0 Å². The Kier molecular flexibility index (Phi) is 4.96. The number of amides is 2. The second-order valence-corrected chi connectivity index (χ2v) is 6.85. The van der Waals surface area contributed by atoms with Crippen molar-refractivity contribution in [2.45, 2.75) is 6.54 Å². The van der Waals surface area contributed by atoms with Gasteiger partial charge in [0.05, 0.1) is 11.3 Å². The average Bonchev–Trinajstić information content (AvgIpc) is 3.00. The molecule has 3 aromatic rings. The van der Waals surface area contributed by atoms with Crippen LogP contribution < -0.4 is 4.90 Å². The van der Waals surface area contributed by atoms with Crippen molar-refractivity contribution < 1.29 is 14.0 Å². The number of hydrogen-bond acceptors (Lipinski definition) is 3. The standard InChI is InChI=1S/C24H19FN2O2/c1-26(16-17-8-4-2-5-9-17)22-21(18-10-6-3-7-11-18)23(28)27(24(22)29)20-14-12-19(25)13-15-20/h2-15H,16H2,1H3. The third kappa shape index (κ3) is 3.55. The Hall–Kier alpha value is -3.73. The molecule has 0 aliphatic carbocycles. The number of rotatable bonds is 5. The molecule has 0 aromatic heterocycles. The Morgan fingerprint density at radius 1 is 0.793 bits per heavy atom. The fourth-order valence-corrected chi connectivity index (χ4v) is 3.50. The minimum absolute atomic E-state index is 0.328. The lowest BCUT2D eigenvalue weighted by atomic mass is 10.0. The first-order valence-electron chi connectivity index (χ1n) is 9.25. The van der Waals surface area contributed by atoms with Crippen LogP contribution in [0.5, 0.6) is 0 Å². The van der Waals surface area contributed by atoms with Crippen molar-refractivity contribution in [3.63, 3.8) is 0 Å². The minimum atomic E-state index is -0.425. The summed E-state index contributed by atoms with van der Waals surface area (Å²) in [6.07, 6.45) is 0. The maximum absolute atomic E-state index is 13.3. The van der Waals surface area contributed by atoms with Crippen LogP contribution >= 0.6 is 0 Å². The van der Waals surface area contributed by atoms with Gasteiger partial charge in [-0.05, 0) is 35.4 Å². The summed E-state index contributed by atoms with van der Waals surface area (Å²) in [4.78, 5) is 29.5. The van der Waals surface area contributed by atoms with E-state index < -0.39 is 17.6 Å². The number of benzene rings is 3. The zero-order valence-electron chi connectivity index (χ0n) is 15.9. The van der Waals surface area contributed by atoms with Gasteiger partial charge < -0.3 is 4.90 Å². The van der Waals surface area contributed by atoms with Crippen LogP contribution in [-0.4, -0.2) is 23.8 Å². The van der Waals surface area contributed by atoms with E-state index in [4.69, 9.17) is 0 Å². The molecule has 1 aliphatic heterocycles. The number of carbonyl (C=O) groups is 2. The van der Waals surface area contributed by atoms with Gasteiger partial charge in [-0.15, -0.1) is 0 Å². The molecule has 0 radical (unpaired) electrons. The topological polar surface area (TPSA) is 40.6 Å². The molecule has 1 heterocycles. The summed E-state index contributed by atoms with van der Waals surface area (Å²) in [6, 6.07) is 24.2. The van der Waals surface area contributed by atoms with Crippen LogP contribution in [0.15, 0.2) is 90.6 Å². The first-order chi connectivity index (χ1) is 14.1. The SMILES string of the molecule is CN(Cc1ccccc1)C1=C(c2ccccc2)C(=O)N(c2ccc(F)cc2)C1=O. The molecule has 0 atom stereocenters. The average molecular weight is 386 g/mol. The van der Waals surface area contributed by atoms with Crippen molar-refractivity contribution in [1.82, 2.24) is 4.90 Å². The van der Waals surface area contributed by atoms with Crippen molar-refractivity contribution in [2.75, 3.05) is 11.9 Å². The number of likely N-dealkylation sites (N-methyl/N-ethyl adjacent to an activating group) is 1. The lowest BCUT2D eigenvalue weighted by Crippen LogP contribution is -2.34. The highest BCUT2D eigenvalue weighted by Gasteiger charge is 2.41. The van der Waals surface area contributed by atoms with Gasteiger partial charge in [-0.25, -0.2) is 9.29 Å². The molecule has 0 N–H and O–H groups in total. The van der Waals surface area contributed by atoms with E-state index in [1.807, 2.05) is 60.7 Å². The molecule has 2 amide bonds. The van der Waals surface area contributed by atoms with Gasteiger partial charge in [-0.1, -0.05) is 60.7 Å². The molecule has 0 fully saturated rings. The van der Waals surface area contributed by atoms with Gasteiger partial charge in [0.15, 0.2) is 0 Å². The number of halogens is 1. The van der Waals surface area contributed by atoms with Crippen LogP contribution in [0.25, 0.3) is 5.57 Å². The van der Waals surface area contributed by atoms with Crippen molar-refractivity contribution in [2.24, 2.45) is 0 Å². The van der Waals surface area contributed by atoms with Crippen LogP contribution in [0.4, 0.5) is 10.1 Å². The summed E-state index contributed by atoms with van der Waals surface area (Å²) in [5.41, 5.74) is 2.71. The Labute approximate surface area is 168 Å². The van der Waals surface area contributed by atoms with E-state index >= 15 is 0 Å². The predicted octanol–water partition coefficient (Wildman–Crippen LogP) is 4.24. The fourth-order valence-electron chi connectivity index (χ4n) is 3.50. The van der Waals surface area contributed by atoms with Gasteiger partial charge in [0.1, 0.15) is 11.5 Å². The van der Waals surface area contributed by atoms with Gasteiger partial charge in [0.2, 0.25) is 0 Å². The Morgan fingerprint density at radius 2 is 1.38 bits per heavy atom. The number of imide groups is 1. The quantitative estimate of drug-likeness (QED) is 0.616. The maximum Gasteiger partial charge on any atom is 0.282 e. The van der Waals surface area contributed by atoms with Gasteiger partial charge >= 0.3 is 0 Å². The summed E-state index contributed by atoms with van der Waals surface area (Å²) in [5.74, 6) is -1.26. The zero-order chi connectivity index (χ0) is 20.4. The second-order valence-electron chi connectivity index (χ2n) is 6.85. The number of carbonyl (C=O) groups excluding carboxylic acids is 2. The number of nitrogens with zero attached hydrogens (tertiary/aromatic N) is 2. The summed E-state index contributed by atoms with van der Waals surface area (Å²) in [6.45, 7) is 0.475. The Bertz CT molecular complexity index is 1080. The highest BCUT2D eigenvalue weighted by atomic mass is 19.1. The van der Waals surface area contributed by atoms with Crippen LogP contribution in [0.3, 0.4) is 0 Å². The summed E-state index contributed by atoms with van der Waals surface area (Å²) in [7, 11) is 1.80. The zero-order valence-corrected chi connectivity index (χ0v) is 15.9. The van der Waals surface area contributed by atoms with Gasteiger partial charge in [-0.2, -0.15) is 0 Å². The van der Waals surface area contributed by atoms with Gasteiger partial charge in [0, 0.05) is 13.6 Å². The van der Waals surface area contributed by atoms with Crippen LogP contribution in [0.1, 0.15) is 11.1 Å². The Morgan fingerprint density at radius 3 is 2.00 bits per heavy atom. The van der Waals surface area contributed by atoms with E-state index in [2.05, 4.69) is 0 Å². The summed E-state index contributed by atoms with van der Waals surface area (Å²) < 4.78 is 13.3. The first kappa shape index (κ1) is 18.6. The van der Waals surface area contributed by atoms with Crippen LogP contribution in [-0.2, 0) is 16.1 Å². The molecule has 0 spiro atoms. The minimum Gasteiger partial charge on any atom is -0.365 e. The highest BCUT2D eigenvalue weighted by Crippen LogP contribution is 2.34. The molecule has 0 unspecified atom stereocenters. The predicted molar refractivity (Wildman–Crippen MR) is 110 cm³/mol. The third-order valence-corrected chi connectivity index (χ3v) is 4.85. The second kappa shape index (κ2) is 7.72. The first-order valence-corrected chi connectivity index (χ1v) is 9.25. The van der Waals surface area contributed by atoms with Crippen molar-refractivity contribution in [3.05, 3.63) is 108 Å². The fraction of sp³-hybridized carbons (Fsp3) is 0.0833. The van der Waals surface area contributed by atoms with E-state index in [0.717, 1.165) is 10.5 Å². The van der Waals surface area contributed by atoms with Crippen molar-refractivity contribution in [1.29, 1.82) is 0 Å². The summed E-state index contributed by atoms with van der Waals surface area (Å²) in [5, 5.41) is 0. The molecule has 1 aliphatic rings. The van der Waals surface area contributed by atoms with E-state index in [9.17, 15) is 14.0 Å². The molecule has 4 nitrogen and oxygen atoms in total. The smallest absolute Gasteiger partial charge is 0.282 e. The van der Waals surface area contributed by atoms with E-state index in [0.29, 0.717) is 29.1 Å². The van der Waals surface area contributed by atoms with E-state index in [1.54, 1.807) is 11.9 Å². The van der Waals surface area contributed by atoms with Crippen LogP contribution in [0, 0.1) is 5.82 Å². The lowest BCUT2D eigenvalue weighted by Gasteiger charge is -2.21. The normalized spacial score (nSPS) is 13.9. The molecule has 0 bridgehead atoms. The third-order valence-electron chi connectivity index (χ3n) is 4.85. The van der Waals surface area contributed by atoms with E-state index in [-0.39, 0.29) is 0 Å². The van der Waals surface area contributed by atoms with Gasteiger partial charge in [-0.3, -0.25) is 9.59 Å². The summed E-state index contributed by atoms with van der Waals surface area (Å²) >= 11 is 0. The number of anilines is 1. The number of hydrogen-bond donors (Lipinski definition) is 0. The maximum atomic E-state index is 13.3. The molecule has 4 rings (SSSR count). The van der Waals surface area contributed by atoms with Crippen LogP contribution in [0.2, 0.25) is 0 Å². The molecule has 0 saturated heterocycles. The molecule has 144 valence electrons. The molecule has 29 heavy (non-hydrogen) atoms. The monoisotopic (exact) mass is 386 g/mol. The molecular formula is C24H19FN2O2.